The van der Waals surface area contributed by atoms with E-state index in [1.807, 2.05) is 18.2 Å². The molecule has 2 atom stereocenters. The van der Waals surface area contributed by atoms with E-state index >= 15 is 0 Å². The highest BCUT2D eigenvalue weighted by molar-refractivity contribution is 5.63. The molecule has 1 unspecified atom stereocenters. The Hall–Kier alpha value is -1.59. The van der Waals surface area contributed by atoms with E-state index in [0.29, 0.717) is 23.5 Å². The summed E-state index contributed by atoms with van der Waals surface area (Å²) in [5.74, 6) is 1.98. The van der Waals surface area contributed by atoms with Crippen molar-refractivity contribution in [1.82, 2.24) is 10.2 Å². The minimum Gasteiger partial charge on any atom is -0.493 e. The molecule has 0 amide bonds. The SMILES string of the molecule is COc1ccc([C@@H](C=O)N2CCNC(CC(C)C)C2)cc1OC. The van der Waals surface area contributed by atoms with Gasteiger partial charge in [0.1, 0.15) is 6.29 Å². The van der Waals surface area contributed by atoms with Crippen molar-refractivity contribution in [3.63, 3.8) is 0 Å². The zero-order valence-electron chi connectivity index (χ0n) is 14.5. The molecule has 5 heteroatoms. The van der Waals surface area contributed by atoms with Crippen LogP contribution in [-0.2, 0) is 4.79 Å². The lowest BCUT2D eigenvalue weighted by Gasteiger charge is -2.37. The lowest BCUT2D eigenvalue weighted by atomic mass is 9.99. The lowest BCUT2D eigenvalue weighted by Crippen LogP contribution is -2.52. The highest BCUT2D eigenvalue weighted by Crippen LogP contribution is 2.31. The van der Waals surface area contributed by atoms with E-state index in [9.17, 15) is 4.79 Å². The van der Waals surface area contributed by atoms with Gasteiger partial charge < -0.3 is 19.6 Å². The van der Waals surface area contributed by atoms with Crippen molar-refractivity contribution < 1.29 is 14.3 Å². The van der Waals surface area contributed by atoms with E-state index in [1.54, 1.807) is 14.2 Å². The van der Waals surface area contributed by atoms with Gasteiger partial charge in [-0.15, -0.1) is 0 Å². The first kappa shape index (κ1) is 17.8. The van der Waals surface area contributed by atoms with E-state index < -0.39 is 0 Å². The zero-order chi connectivity index (χ0) is 16.8. The number of aldehydes is 1. The highest BCUT2D eigenvalue weighted by Gasteiger charge is 2.27. The van der Waals surface area contributed by atoms with Crippen molar-refractivity contribution in [3.8, 4) is 11.5 Å². The second-order valence-corrected chi connectivity index (χ2v) is 6.47. The molecule has 128 valence electrons. The van der Waals surface area contributed by atoms with Gasteiger partial charge in [0.2, 0.25) is 0 Å². The molecule has 1 aliphatic rings. The Labute approximate surface area is 139 Å². The molecule has 1 saturated heterocycles. The summed E-state index contributed by atoms with van der Waals surface area (Å²) in [5, 5.41) is 3.55. The van der Waals surface area contributed by atoms with E-state index in [1.165, 1.54) is 0 Å². The summed E-state index contributed by atoms with van der Waals surface area (Å²) < 4.78 is 10.6. The standard InChI is InChI=1S/C18H28N2O3/c1-13(2)9-15-11-20(8-7-19-15)16(12-21)14-5-6-17(22-3)18(10-14)23-4/h5-6,10,12-13,15-16,19H,7-9,11H2,1-4H3/t15?,16-/m1/s1. The van der Waals surface area contributed by atoms with Crippen LogP contribution in [-0.4, -0.2) is 51.1 Å². The fraction of sp³-hybridized carbons (Fsp3) is 0.611. The average molecular weight is 320 g/mol. The number of rotatable bonds is 7. The average Bonchev–Trinajstić information content (AvgIpc) is 2.55. The quantitative estimate of drug-likeness (QED) is 0.781. The van der Waals surface area contributed by atoms with Gasteiger partial charge in [-0.05, 0) is 30.0 Å². The smallest absolute Gasteiger partial charge is 0.161 e. The van der Waals surface area contributed by atoms with Crippen LogP contribution in [0, 0.1) is 5.92 Å². The number of carbonyl (C=O) groups is 1. The molecule has 2 rings (SSSR count). The number of carbonyl (C=O) groups excluding carboxylic acids is 1. The van der Waals surface area contributed by atoms with Crippen LogP contribution in [0.15, 0.2) is 18.2 Å². The second-order valence-electron chi connectivity index (χ2n) is 6.47. The maximum Gasteiger partial charge on any atom is 0.161 e. The summed E-state index contributed by atoms with van der Waals surface area (Å²) in [6.45, 7) is 7.12. The molecule has 0 bridgehead atoms. The van der Waals surface area contributed by atoms with Crippen molar-refractivity contribution in [2.75, 3.05) is 33.9 Å². The van der Waals surface area contributed by atoms with Gasteiger partial charge in [-0.1, -0.05) is 19.9 Å². The van der Waals surface area contributed by atoms with Crippen LogP contribution in [0.5, 0.6) is 11.5 Å². The van der Waals surface area contributed by atoms with Gasteiger partial charge in [0.25, 0.3) is 0 Å². The summed E-state index contributed by atoms with van der Waals surface area (Å²) in [5.41, 5.74) is 0.947. The third-order valence-corrected chi connectivity index (χ3v) is 4.31. The van der Waals surface area contributed by atoms with Gasteiger partial charge in [0.05, 0.1) is 20.3 Å². The Morgan fingerprint density at radius 1 is 1.30 bits per heavy atom. The Balaban J connectivity index is 2.17. The maximum atomic E-state index is 11.8. The summed E-state index contributed by atoms with van der Waals surface area (Å²) in [6, 6.07) is 5.90. The Kier molecular flexibility index (Phi) is 6.42. The third-order valence-electron chi connectivity index (χ3n) is 4.31. The molecule has 0 aromatic heterocycles. The molecular formula is C18H28N2O3. The van der Waals surface area contributed by atoms with Crippen LogP contribution in [0.2, 0.25) is 0 Å². The predicted molar refractivity (Wildman–Crippen MR) is 91.2 cm³/mol. The largest absolute Gasteiger partial charge is 0.493 e. The van der Waals surface area contributed by atoms with Crippen molar-refractivity contribution in [3.05, 3.63) is 23.8 Å². The molecule has 1 aromatic rings. The Morgan fingerprint density at radius 2 is 2.04 bits per heavy atom. The van der Waals surface area contributed by atoms with Crippen molar-refractivity contribution in [1.29, 1.82) is 0 Å². The topological polar surface area (TPSA) is 50.8 Å². The van der Waals surface area contributed by atoms with Crippen molar-refractivity contribution in [2.24, 2.45) is 5.92 Å². The molecule has 1 aromatic carbocycles. The van der Waals surface area contributed by atoms with E-state index in [2.05, 4.69) is 24.1 Å². The first-order valence-electron chi connectivity index (χ1n) is 8.23. The fourth-order valence-corrected chi connectivity index (χ4v) is 3.24. The molecule has 23 heavy (non-hydrogen) atoms. The molecule has 0 saturated carbocycles. The summed E-state index contributed by atoms with van der Waals surface area (Å²) in [4.78, 5) is 14.0. The number of ether oxygens (including phenoxy) is 2. The number of methoxy groups -OCH3 is 2. The third kappa shape index (κ3) is 4.45. The molecule has 1 heterocycles. The van der Waals surface area contributed by atoms with Gasteiger partial charge in [0.15, 0.2) is 11.5 Å². The van der Waals surface area contributed by atoms with Crippen LogP contribution in [0.1, 0.15) is 31.9 Å². The van der Waals surface area contributed by atoms with Gasteiger partial charge in [-0.3, -0.25) is 4.90 Å². The fourth-order valence-electron chi connectivity index (χ4n) is 3.24. The number of benzene rings is 1. The van der Waals surface area contributed by atoms with Gasteiger partial charge >= 0.3 is 0 Å². The first-order valence-corrected chi connectivity index (χ1v) is 8.23. The van der Waals surface area contributed by atoms with Gasteiger partial charge in [-0.2, -0.15) is 0 Å². The molecule has 1 N–H and O–H groups in total. The minimum atomic E-state index is -0.244. The van der Waals surface area contributed by atoms with Crippen molar-refractivity contribution >= 4 is 6.29 Å². The van der Waals surface area contributed by atoms with Crippen LogP contribution in [0.3, 0.4) is 0 Å². The normalized spacial score (nSPS) is 20.3. The molecule has 1 aliphatic heterocycles. The maximum absolute atomic E-state index is 11.8. The van der Waals surface area contributed by atoms with Gasteiger partial charge in [0, 0.05) is 25.7 Å². The highest BCUT2D eigenvalue weighted by atomic mass is 16.5. The molecule has 0 aliphatic carbocycles. The summed E-state index contributed by atoms with van der Waals surface area (Å²) >= 11 is 0. The molecule has 1 fully saturated rings. The molecular weight excluding hydrogens is 292 g/mol. The van der Waals surface area contributed by atoms with Crippen LogP contribution < -0.4 is 14.8 Å². The van der Waals surface area contributed by atoms with Crippen LogP contribution in [0.25, 0.3) is 0 Å². The number of hydrogen-bond donors (Lipinski definition) is 1. The van der Waals surface area contributed by atoms with Crippen LogP contribution in [0.4, 0.5) is 0 Å². The summed E-state index contributed by atoms with van der Waals surface area (Å²) in [7, 11) is 3.22. The molecule has 5 nitrogen and oxygen atoms in total. The zero-order valence-corrected chi connectivity index (χ0v) is 14.5. The first-order chi connectivity index (χ1) is 11.1. The van der Waals surface area contributed by atoms with E-state index in [4.69, 9.17) is 9.47 Å². The number of nitrogens with one attached hydrogen (secondary N) is 1. The number of nitrogens with zero attached hydrogens (tertiary/aromatic N) is 1. The number of hydrogen-bond acceptors (Lipinski definition) is 5. The van der Waals surface area contributed by atoms with Crippen LogP contribution >= 0.6 is 0 Å². The van der Waals surface area contributed by atoms with E-state index in [0.717, 1.165) is 37.9 Å². The lowest BCUT2D eigenvalue weighted by molar-refractivity contribution is -0.113. The van der Waals surface area contributed by atoms with Crippen molar-refractivity contribution in [2.45, 2.75) is 32.4 Å². The number of piperazine rings is 1. The second kappa shape index (κ2) is 8.31. The molecule has 0 radical (unpaired) electrons. The summed E-state index contributed by atoms with van der Waals surface area (Å²) in [6.07, 6.45) is 2.15. The Bertz CT molecular complexity index is 519. The monoisotopic (exact) mass is 320 g/mol. The van der Waals surface area contributed by atoms with Gasteiger partial charge in [-0.25, -0.2) is 0 Å². The minimum absolute atomic E-state index is 0.244. The molecule has 0 spiro atoms. The predicted octanol–water partition coefficient (Wildman–Crippen LogP) is 2.26. The Morgan fingerprint density at radius 3 is 2.65 bits per heavy atom. The van der Waals surface area contributed by atoms with E-state index in [-0.39, 0.29) is 6.04 Å².